The monoisotopic (exact) mass is 461 g/mol. The van der Waals surface area contributed by atoms with Crippen molar-refractivity contribution < 1.29 is 44.1 Å². The van der Waals surface area contributed by atoms with E-state index in [4.69, 9.17) is 21.7 Å². The van der Waals surface area contributed by atoms with Crippen molar-refractivity contribution in [3.05, 3.63) is 0 Å². The van der Waals surface area contributed by atoms with Crippen LogP contribution < -0.4 is 27.4 Å². The highest BCUT2D eigenvalue weighted by molar-refractivity contribution is 5.94. The van der Waals surface area contributed by atoms with Crippen molar-refractivity contribution >= 4 is 35.6 Å². The van der Waals surface area contributed by atoms with E-state index in [1.54, 1.807) is 13.8 Å². The van der Waals surface area contributed by atoms with Crippen molar-refractivity contribution in [2.45, 2.75) is 63.7 Å². The van der Waals surface area contributed by atoms with Crippen LogP contribution in [0.5, 0.6) is 0 Å². The summed E-state index contributed by atoms with van der Waals surface area (Å²) in [5.74, 6) is -6.49. The van der Waals surface area contributed by atoms with E-state index in [2.05, 4.69) is 16.0 Å². The predicted molar refractivity (Wildman–Crippen MR) is 109 cm³/mol. The average Bonchev–Trinajstić information content (AvgIpc) is 2.69. The smallest absolute Gasteiger partial charge is 0.326 e. The van der Waals surface area contributed by atoms with Crippen molar-refractivity contribution in [1.82, 2.24) is 16.0 Å². The van der Waals surface area contributed by atoms with Crippen molar-refractivity contribution in [1.29, 1.82) is 0 Å². The van der Waals surface area contributed by atoms with Gasteiger partial charge in [0.05, 0.1) is 12.6 Å². The molecular formula is C18H31N5O9. The molecule has 4 atom stereocenters. The first-order valence-electron chi connectivity index (χ1n) is 9.80. The lowest BCUT2D eigenvalue weighted by molar-refractivity contribution is -0.143. The normalized spacial score (nSPS) is 14.5. The maximum atomic E-state index is 12.6. The van der Waals surface area contributed by atoms with Gasteiger partial charge in [-0.15, -0.1) is 0 Å². The Bertz CT molecular complexity index is 713. The van der Waals surface area contributed by atoms with E-state index in [0.717, 1.165) is 0 Å². The maximum absolute atomic E-state index is 12.6. The summed E-state index contributed by atoms with van der Waals surface area (Å²) < 4.78 is 0. The second-order valence-corrected chi connectivity index (χ2v) is 7.42. The van der Waals surface area contributed by atoms with Crippen molar-refractivity contribution in [2.24, 2.45) is 17.4 Å². The first kappa shape index (κ1) is 28.7. The molecule has 0 aliphatic heterocycles. The Labute approximate surface area is 184 Å². The molecule has 0 bridgehead atoms. The summed E-state index contributed by atoms with van der Waals surface area (Å²) in [4.78, 5) is 69.7. The lowest BCUT2D eigenvalue weighted by Gasteiger charge is -2.26. The minimum Gasteiger partial charge on any atom is -0.481 e. The van der Waals surface area contributed by atoms with Crippen LogP contribution in [0.3, 0.4) is 0 Å². The molecule has 0 aliphatic rings. The van der Waals surface area contributed by atoms with Crippen molar-refractivity contribution in [2.75, 3.05) is 6.61 Å². The zero-order valence-electron chi connectivity index (χ0n) is 17.9. The highest BCUT2D eigenvalue weighted by Crippen LogP contribution is 2.05. The molecule has 0 rings (SSSR count). The van der Waals surface area contributed by atoms with Crippen LogP contribution in [0.4, 0.5) is 0 Å². The Kier molecular flexibility index (Phi) is 12.5. The summed E-state index contributed by atoms with van der Waals surface area (Å²) in [5, 5.41) is 33.9. The molecule has 0 aromatic heterocycles. The molecule has 14 heteroatoms. The third-order valence-electron chi connectivity index (χ3n) is 4.36. The Morgan fingerprint density at radius 3 is 1.81 bits per heavy atom. The molecule has 10 N–H and O–H groups in total. The lowest BCUT2D eigenvalue weighted by atomic mass is 10.0. The van der Waals surface area contributed by atoms with Gasteiger partial charge in [-0.3, -0.25) is 24.0 Å². The second-order valence-electron chi connectivity index (χ2n) is 7.42. The van der Waals surface area contributed by atoms with Crippen LogP contribution in [0.25, 0.3) is 0 Å². The number of primary amides is 1. The molecule has 0 spiro atoms. The van der Waals surface area contributed by atoms with Gasteiger partial charge in [-0.1, -0.05) is 13.8 Å². The molecule has 0 saturated carbocycles. The number of aliphatic hydroxyl groups excluding tert-OH is 1. The van der Waals surface area contributed by atoms with Crippen LogP contribution >= 0.6 is 0 Å². The molecule has 182 valence electrons. The standard InChI is InChI=1S/C18H31N5O9/c1-8(2)14(23-15(28)9(19)3-5-12(20)25)17(30)22-11(7-24)16(29)21-10(18(31)32)4-6-13(26)27/h8-11,14,24H,3-7,19H2,1-2H3,(H2,20,25)(H,21,29)(H,22,30)(H,23,28)(H,26,27)(H,31,32). The van der Waals surface area contributed by atoms with Gasteiger partial charge in [0, 0.05) is 12.8 Å². The summed E-state index contributed by atoms with van der Waals surface area (Å²) in [6.07, 6.45) is -1.10. The van der Waals surface area contributed by atoms with Gasteiger partial charge in [-0.05, 0) is 18.8 Å². The number of nitrogens with two attached hydrogens (primary N) is 2. The molecule has 0 heterocycles. The van der Waals surface area contributed by atoms with Gasteiger partial charge in [0.1, 0.15) is 18.1 Å². The van der Waals surface area contributed by atoms with Gasteiger partial charge in [-0.25, -0.2) is 4.79 Å². The highest BCUT2D eigenvalue weighted by Gasteiger charge is 2.31. The van der Waals surface area contributed by atoms with E-state index in [9.17, 15) is 33.9 Å². The topological polar surface area (TPSA) is 251 Å². The predicted octanol–water partition coefficient (Wildman–Crippen LogP) is -3.37. The van der Waals surface area contributed by atoms with Crippen LogP contribution in [0, 0.1) is 5.92 Å². The van der Waals surface area contributed by atoms with E-state index < -0.39 is 85.1 Å². The van der Waals surface area contributed by atoms with Crippen LogP contribution in [-0.4, -0.2) is 81.7 Å². The molecule has 14 nitrogen and oxygen atoms in total. The summed E-state index contributed by atoms with van der Waals surface area (Å²) in [6.45, 7) is 2.30. The number of carbonyl (C=O) groups is 6. The van der Waals surface area contributed by atoms with Gasteiger partial charge in [0.25, 0.3) is 0 Å². The van der Waals surface area contributed by atoms with Gasteiger partial charge in [0.15, 0.2) is 0 Å². The Balaban J connectivity index is 5.14. The molecule has 0 aliphatic carbocycles. The third-order valence-corrected chi connectivity index (χ3v) is 4.36. The number of hydrogen-bond acceptors (Lipinski definition) is 8. The van der Waals surface area contributed by atoms with E-state index in [1.165, 1.54) is 0 Å². The summed E-state index contributed by atoms with van der Waals surface area (Å²) in [6, 6.07) is -5.38. The maximum Gasteiger partial charge on any atom is 0.326 e. The Hall–Kier alpha value is -3.26. The van der Waals surface area contributed by atoms with E-state index in [-0.39, 0.29) is 12.8 Å². The molecule has 0 fully saturated rings. The SMILES string of the molecule is CC(C)C(NC(=O)C(N)CCC(N)=O)C(=O)NC(CO)C(=O)NC(CCC(=O)O)C(=O)O. The van der Waals surface area contributed by atoms with E-state index >= 15 is 0 Å². The lowest BCUT2D eigenvalue weighted by Crippen LogP contribution is -2.59. The molecular weight excluding hydrogens is 430 g/mol. The summed E-state index contributed by atoms with van der Waals surface area (Å²) in [7, 11) is 0. The molecule has 0 radical (unpaired) electrons. The highest BCUT2D eigenvalue weighted by atomic mass is 16.4. The number of rotatable bonds is 15. The number of amides is 4. The van der Waals surface area contributed by atoms with Crippen LogP contribution in [0.2, 0.25) is 0 Å². The fraction of sp³-hybridized carbons (Fsp3) is 0.667. The van der Waals surface area contributed by atoms with Crippen molar-refractivity contribution in [3.8, 4) is 0 Å². The second kappa shape index (κ2) is 13.9. The molecule has 0 aromatic carbocycles. The minimum atomic E-state index is -1.56. The number of carboxylic acids is 2. The van der Waals surface area contributed by atoms with E-state index in [1.807, 2.05) is 0 Å². The largest absolute Gasteiger partial charge is 0.481 e. The van der Waals surface area contributed by atoms with Gasteiger partial charge >= 0.3 is 11.9 Å². The Morgan fingerprint density at radius 1 is 0.812 bits per heavy atom. The van der Waals surface area contributed by atoms with Gasteiger partial charge in [0.2, 0.25) is 23.6 Å². The number of carboxylic acid groups (broad SMARTS) is 2. The fourth-order valence-corrected chi connectivity index (χ4v) is 2.48. The first-order chi connectivity index (χ1) is 14.8. The molecule has 4 unspecified atom stereocenters. The first-order valence-corrected chi connectivity index (χ1v) is 9.80. The zero-order valence-corrected chi connectivity index (χ0v) is 17.9. The number of hydrogen-bond donors (Lipinski definition) is 8. The van der Waals surface area contributed by atoms with E-state index in [0.29, 0.717) is 0 Å². The number of carbonyl (C=O) groups excluding carboxylic acids is 4. The fourth-order valence-electron chi connectivity index (χ4n) is 2.48. The number of nitrogens with one attached hydrogen (secondary N) is 3. The van der Waals surface area contributed by atoms with Gasteiger partial charge in [-0.2, -0.15) is 0 Å². The third kappa shape index (κ3) is 10.7. The van der Waals surface area contributed by atoms with Crippen LogP contribution in [0.15, 0.2) is 0 Å². The summed E-state index contributed by atoms with van der Waals surface area (Å²) in [5.41, 5.74) is 10.7. The average molecular weight is 461 g/mol. The molecule has 4 amide bonds. The number of aliphatic carboxylic acids is 2. The number of aliphatic hydroxyl groups is 1. The minimum absolute atomic E-state index is 0.0395. The van der Waals surface area contributed by atoms with Crippen LogP contribution in [-0.2, 0) is 28.8 Å². The zero-order chi connectivity index (χ0) is 25.0. The Morgan fingerprint density at radius 2 is 1.38 bits per heavy atom. The van der Waals surface area contributed by atoms with Crippen molar-refractivity contribution in [3.63, 3.8) is 0 Å². The summed E-state index contributed by atoms with van der Waals surface area (Å²) >= 11 is 0. The quantitative estimate of drug-likeness (QED) is 0.120. The molecule has 32 heavy (non-hydrogen) atoms. The molecule has 0 aromatic rings. The van der Waals surface area contributed by atoms with Crippen LogP contribution in [0.1, 0.15) is 39.5 Å². The molecule has 0 saturated heterocycles. The van der Waals surface area contributed by atoms with Gasteiger partial charge < -0.3 is 42.7 Å².